The number of hydrogen-bond donors (Lipinski definition) is 1. The molecule has 25 heavy (non-hydrogen) atoms. The van der Waals surface area contributed by atoms with Crippen molar-refractivity contribution in [3.8, 4) is 5.75 Å². The Morgan fingerprint density at radius 1 is 1.16 bits per heavy atom. The number of methoxy groups -OCH3 is 1. The normalized spacial score (nSPS) is 11.2. The van der Waals surface area contributed by atoms with E-state index in [9.17, 15) is 18.0 Å². The second-order valence-electron chi connectivity index (χ2n) is 5.44. The molecular formula is C18H17BrF3NO2. The molecule has 0 aliphatic heterocycles. The van der Waals surface area contributed by atoms with Gasteiger partial charge in [-0.2, -0.15) is 13.2 Å². The number of ether oxygens (including phenoxy) is 1. The lowest BCUT2D eigenvalue weighted by molar-refractivity contribution is -0.137. The highest BCUT2D eigenvalue weighted by atomic mass is 79.9. The van der Waals surface area contributed by atoms with Gasteiger partial charge in [0.25, 0.3) is 0 Å². The van der Waals surface area contributed by atoms with Crippen molar-refractivity contribution in [1.82, 2.24) is 5.32 Å². The summed E-state index contributed by atoms with van der Waals surface area (Å²) < 4.78 is 43.9. The summed E-state index contributed by atoms with van der Waals surface area (Å²) in [7, 11) is 1.57. The number of benzene rings is 2. The summed E-state index contributed by atoms with van der Waals surface area (Å²) in [5, 5.41) is 2.64. The molecule has 0 spiro atoms. The minimum Gasteiger partial charge on any atom is -0.496 e. The molecule has 0 fully saturated rings. The van der Waals surface area contributed by atoms with Crippen LogP contribution in [0.15, 0.2) is 46.9 Å². The van der Waals surface area contributed by atoms with Crippen LogP contribution in [-0.4, -0.2) is 13.0 Å². The highest BCUT2D eigenvalue weighted by Crippen LogP contribution is 2.29. The lowest BCUT2D eigenvalue weighted by Crippen LogP contribution is -2.23. The van der Waals surface area contributed by atoms with Gasteiger partial charge in [-0.15, -0.1) is 0 Å². The predicted molar refractivity (Wildman–Crippen MR) is 92.3 cm³/mol. The SMILES string of the molecule is COc1ccc(CCC(=O)NCc2cccc(C(F)(F)F)c2)cc1Br. The number of halogens is 4. The molecule has 0 bridgehead atoms. The van der Waals surface area contributed by atoms with E-state index in [-0.39, 0.29) is 18.9 Å². The van der Waals surface area contributed by atoms with Crippen molar-refractivity contribution in [2.75, 3.05) is 7.11 Å². The highest BCUT2D eigenvalue weighted by molar-refractivity contribution is 9.10. The Morgan fingerprint density at radius 2 is 1.92 bits per heavy atom. The number of nitrogens with one attached hydrogen (secondary N) is 1. The zero-order valence-electron chi connectivity index (χ0n) is 13.5. The van der Waals surface area contributed by atoms with E-state index in [4.69, 9.17) is 4.74 Å². The number of carbonyl (C=O) groups excluding carboxylic acids is 1. The monoisotopic (exact) mass is 415 g/mol. The molecule has 3 nitrogen and oxygen atoms in total. The third-order valence-electron chi connectivity index (χ3n) is 3.60. The van der Waals surface area contributed by atoms with Crippen LogP contribution in [0, 0.1) is 0 Å². The van der Waals surface area contributed by atoms with Crippen LogP contribution < -0.4 is 10.1 Å². The van der Waals surface area contributed by atoms with Crippen molar-refractivity contribution in [3.05, 3.63) is 63.6 Å². The van der Waals surface area contributed by atoms with Crippen molar-refractivity contribution in [3.63, 3.8) is 0 Å². The summed E-state index contributed by atoms with van der Waals surface area (Å²) in [4.78, 5) is 11.9. The van der Waals surface area contributed by atoms with E-state index >= 15 is 0 Å². The number of rotatable bonds is 6. The van der Waals surface area contributed by atoms with E-state index in [1.165, 1.54) is 6.07 Å². The molecule has 0 saturated carbocycles. The predicted octanol–water partition coefficient (Wildman–Crippen LogP) is 4.73. The molecule has 1 amide bonds. The van der Waals surface area contributed by atoms with Crippen LogP contribution in [0.4, 0.5) is 13.2 Å². The molecule has 2 aromatic carbocycles. The zero-order valence-corrected chi connectivity index (χ0v) is 15.1. The maximum absolute atomic E-state index is 12.7. The quantitative estimate of drug-likeness (QED) is 0.740. The van der Waals surface area contributed by atoms with Gasteiger partial charge in [0, 0.05) is 13.0 Å². The molecule has 0 saturated heterocycles. The minimum atomic E-state index is -4.39. The number of amides is 1. The first kappa shape index (κ1) is 19.3. The average Bonchev–Trinajstić information content (AvgIpc) is 2.58. The van der Waals surface area contributed by atoms with Crippen molar-refractivity contribution in [1.29, 1.82) is 0 Å². The molecule has 0 aliphatic rings. The van der Waals surface area contributed by atoms with E-state index in [1.54, 1.807) is 19.2 Å². The van der Waals surface area contributed by atoms with Crippen molar-refractivity contribution in [2.45, 2.75) is 25.6 Å². The molecule has 134 valence electrons. The van der Waals surface area contributed by atoms with Crippen LogP contribution in [0.3, 0.4) is 0 Å². The van der Waals surface area contributed by atoms with Crippen LogP contribution in [0.1, 0.15) is 23.1 Å². The van der Waals surface area contributed by atoms with Crippen molar-refractivity contribution < 1.29 is 22.7 Å². The second-order valence-corrected chi connectivity index (χ2v) is 6.30. The standard InChI is InChI=1S/C18H17BrF3NO2/c1-25-16-7-5-12(10-15(16)19)6-8-17(24)23-11-13-3-2-4-14(9-13)18(20,21)22/h2-5,7,9-10H,6,8,11H2,1H3,(H,23,24). The van der Waals surface area contributed by atoms with Gasteiger partial charge >= 0.3 is 6.18 Å². The molecule has 7 heteroatoms. The van der Waals surface area contributed by atoms with Gasteiger partial charge in [0.15, 0.2) is 0 Å². The van der Waals surface area contributed by atoms with Crippen molar-refractivity contribution in [2.24, 2.45) is 0 Å². The van der Waals surface area contributed by atoms with E-state index in [2.05, 4.69) is 21.2 Å². The summed E-state index contributed by atoms with van der Waals surface area (Å²) in [5.74, 6) is 0.488. The molecule has 0 aliphatic carbocycles. The molecule has 0 aromatic heterocycles. The summed E-state index contributed by atoms with van der Waals surface area (Å²) in [6.45, 7) is 0.0645. The van der Waals surface area contributed by atoms with Crippen LogP contribution >= 0.6 is 15.9 Å². The number of carbonyl (C=O) groups is 1. The third-order valence-corrected chi connectivity index (χ3v) is 4.22. The van der Waals surface area contributed by atoms with Crippen molar-refractivity contribution >= 4 is 21.8 Å². The Kier molecular flexibility index (Phi) is 6.47. The maximum Gasteiger partial charge on any atom is 0.416 e. The molecule has 2 rings (SSSR count). The fourth-order valence-electron chi connectivity index (χ4n) is 2.27. The summed E-state index contributed by atoms with van der Waals surface area (Å²) in [5.41, 5.74) is 0.652. The zero-order chi connectivity index (χ0) is 18.4. The van der Waals surface area contributed by atoms with Gasteiger partial charge in [-0.25, -0.2) is 0 Å². The van der Waals surface area contributed by atoms with Gasteiger partial charge in [-0.1, -0.05) is 18.2 Å². The highest BCUT2D eigenvalue weighted by Gasteiger charge is 2.30. The van der Waals surface area contributed by atoms with Gasteiger partial charge in [-0.3, -0.25) is 4.79 Å². The average molecular weight is 416 g/mol. The first-order valence-corrected chi connectivity index (χ1v) is 8.34. The van der Waals surface area contributed by atoms with Gasteiger partial charge in [-0.05, 0) is 57.7 Å². The molecule has 0 atom stereocenters. The Hall–Kier alpha value is -2.02. The fraction of sp³-hybridized carbons (Fsp3) is 0.278. The lowest BCUT2D eigenvalue weighted by atomic mass is 10.1. The van der Waals surface area contributed by atoms with E-state index in [0.29, 0.717) is 17.7 Å². The molecular weight excluding hydrogens is 399 g/mol. The first-order valence-electron chi connectivity index (χ1n) is 7.55. The van der Waals surface area contributed by atoms with E-state index in [1.807, 2.05) is 12.1 Å². The molecule has 0 heterocycles. The molecule has 0 radical (unpaired) electrons. The summed E-state index contributed by atoms with van der Waals surface area (Å²) in [6.07, 6.45) is -3.61. The fourth-order valence-corrected chi connectivity index (χ4v) is 2.86. The molecule has 2 aromatic rings. The smallest absolute Gasteiger partial charge is 0.416 e. The van der Waals surface area contributed by atoms with Crippen LogP contribution in [0.25, 0.3) is 0 Å². The number of alkyl halides is 3. The van der Waals surface area contributed by atoms with Crippen LogP contribution in [0.2, 0.25) is 0 Å². The largest absolute Gasteiger partial charge is 0.496 e. The van der Waals surface area contributed by atoms with Crippen LogP contribution in [-0.2, 0) is 23.9 Å². The van der Waals surface area contributed by atoms with Gasteiger partial charge < -0.3 is 10.1 Å². The second kappa shape index (κ2) is 8.38. The Morgan fingerprint density at radius 3 is 2.56 bits per heavy atom. The summed E-state index contributed by atoms with van der Waals surface area (Å²) >= 11 is 3.38. The van der Waals surface area contributed by atoms with Gasteiger partial charge in [0.1, 0.15) is 5.75 Å². The van der Waals surface area contributed by atoms with Gasteiger partial charge in [0.05, 0.1) is 17.1 Å². The Bertz CT molecular complexity index is 747. The van der Waals surface area contributed by atoms with Gasteiger partial charge in [0.2, 0.25) is 5.91 Å². The molecule has 0 unspecified atom stereocenters. The van der Waals surface area contributed by atoms with E-state index < -0.39 is 11.7 Å². The van der Waals surface area contributed by atoms with Crippen LogP contribution in [0.5, 0.6) is 5.75 Å². The third kappa shape index (κ3) is 5.77. The van der Waals surface area contributed by atoms with E-state index in [0.717, 1.165) is 22.2 Å². The Labute approximate surface area is 152 Å². The topological polar surface area (TPSA) is 38.3 Å². The Balaban J connectivity index is 1.86. The number of aryl methyl sites for hydroxylation is 1. The first-order chi connectivity index (χ1) is 11.8. The minimum absolute atomic E-state index is 0.0645. The maximum atomic E-state index is 12.7. The lowest BCUT2D eigenvalue weighted by Gasteiger charge is -2.10. The summed E-state index contributed by atoms with van der Waals surface area (Å²) in [6, 6.07) is 10.5. The molecule has 1 N–H and O–H groups in total. The number of hydrogen-bond acceptors (Lipinski definition) is 2.